The topological polar surface area (TPSA) is 8.81 Å². The van der Waals surface area contributed by atoms with Gasteiger partial charge in [0, 0.05) is 0 Å². The van der Waals surface area contributed by atoms with Crippen molar-refractivity contribution in [1.29, 1.82) is 0 Å². The van der Waals surface area contributed by atoms with E-state index in [1.807, 2.05) is 28.6 Å². The van der Waals surface area contributed by atoms with E-state index in [-0.39, 0.29) is 0 Å². The first-order chi connectivity index (χ1) is 4.20. The van der Waals surface area contributed by atoms with Crippen LogP contribution in [0.4, 0.5) is 0 Å². The molecule has 1 aromatic rings. The van der Waals surface area contributed by atoms with Crippen LogP contribution >= 0.6 is 0 Å². The van der Waals surface area contributed by atoms with Gasteiger partial charge in [0.05, 0.1) is 13.1 Å². The highest BCUT2D eigenvalue weighted by atomic mass is 15.1. The van der Waals surface area contributed by atoms with Gasteiger partial charge in [-0.05, 0) is 26.2 Å². The van der Waals surface area contributed by atoms with Crippen molar-refractivity contribution in [3.05, 3.63) is 18.7 Å². The molecule has 0 fully saturated rings. The van der Waals surface area contributed by atoms with Crippen LogP contribution in [0.25, 0.3) is 0 Å². The van der Waals surface area contributed by atoms with Gasteiger partial charge in [0.2, 0.25) is 6.33 Å². The second kappa shape index (κ2) is 2.21. The minimum absolute atomic E-state index is 0.520. The molecule has 0 aliphatic carbocycles. The van der Waals surface area contributed by atoms with E-state index in [1.54, 1.807) is 0 Å². The lowest BCUT2D eigenvalue weighted by atomic mass is 10.4. The van der Waals surface area contributed by atoms with Crippen LogP contribution < -0.4 is 4.57 Å². The quantitative estimate of drug-likeness (QED) is 0.385. The van der Waals surface area contributed by atoms with E-state index in [1.165, 1.54) is 0 Å². The fraction of sp³-hybridized carbons (Fsp3) is 0.571. The summed E-state index contributed by atoms with van der Waals surface area (Å²) in [6.07, 6.45) is 7.11. The summed E-state index contributed by atoms with van der Waals surface area (Å²) in [5.74, 6) is 0. The first-order valence-corrected chi connectivity index (χ1v) is 3.16. The van der Waals surface area contributed by atoms with Gasteiger partial charge in [0.15, 0.2) is 0 Å². The first kappa shape index (κ1) is 6.33. The van der Waals surface area contributed by atoms with Gasteiger partial charge in [0.25, 0.3) is 0 Å². The molecule has 2 nitrogen and oxygen atoms in total. The Labute approximate surface area is 55.7 Å². The zero-order valence-electron chi connectivity index (χ0n) is 6.13. The monoisotopic (exact) mass is 124 g/mol. The summed E-state index contributed by atoms with van der Waals surface area (Å²) in [7, 11) is 1.97. The zero-order chi connectivity index (χ0) is 6.85. The van der Waals surface area contributed by atoms with E-state index < -0.39 is 0 Å². The molecule has 0 atom stereocenters. The van der Waals surface area contributed by atoms with Gasteiger partial charge in [-0.2, -0.15) is 0 Å². The summed E-state index contributed by atoms with van der Waals surface area (Å²) >= 11 is 0. The zero-order valence-corrected chi connectivity index (χ0v) is 6.13. The van der Waals surface area contributed by atoms with Crippen LogP contribution in [-0.4, -0.2) is 4.57 Å². The highest BCUT2D eigenvalue weighted by Crippen LogP contribution is 1.98. The van der Waals surface area contributed by atoms with E-state index in [2.05, 4.69) is 20.2 Å². The molecule has 1 rings (SSSR count). The Balaban J connectivity index is 2.85. The maximum absolute atomic E-state index is 3.11. The molecule has 0 saturated heterocycles. The Morgan fingerprint density at radius 3 is 2.44 bits per heavy atom. The van der Waals surface area contributed by atoms with Crippen LogP contribution in [-0.2, 0) is 7.05 Å². The van der Waals surface area contributed by atoms with Gasteiger partial charge in [-0.25, -0.2) is 0 Å². The smallest absolute Gasteiger partial charge is 0.203 e. The summed E-state index contributed by atoms with van der Waals surface area (Å²) < 4.78 is 3.96. The predicted molar refractivity (Wildman–Crippen MR) is 34.8 cm³/mol. The summed E-state index contributed by atoms with van der Waals surface area (Å²) in [5, 5.41) is 0. The highest BCUT2D eigenvalue weighted by Gasteiger charge is 1.94. The van der Waals surface area contributed by atoms with Gasteiger partial charge in [-0.3, -0.25) is 0 Å². The standard InChI is InChI=1S/C7H12N2/c1-7(2)9-5-4-8(3)6-9/h4-5,7H,1-3H3. The number of imidazole rings is 1. The molecule has 1 heterocycles. The van der Waals surface area contributed by atoms with Crippen LogP contribution in [0.2, 0.25) is 0 Å². The largest absolute Gasteiger partial charge is 0.354 e. The van der Waals surface area contributed by atoms with Gasteiger partial charge in [-0.15, -0.1) is 0 Å². The Bertz CT molecular complexity index is 189. The van der Waals surface area contributed by atoms with Crippen molar-refractivity contribution in [2.75, 3.05) is 0 Å². The third kappa shape index (κ3) is 1.31. The maximum atomic E-state index is 3.11. The molecule has 0 saturated carbocycles. The van der Waals surface area contributed by atoms with Crippen molar-refractivity contribution in [3.8, 4) is 0 Å². The molecule has 2 heteroatoms. The third-order valence-corrected chi connectivity index (χ3v) is 1.28. The molecule has 0 aromatic carbocycles. The molecule has 0 aliphatic rings. The predicted octanol–water partition coefficient (Wildman–Crippen LogP) is 0.694. The van der Waals surface area contributed by atoms with Crippen molar-refractivity contribution in [1.82, 2.24) is 4.57 Å². The van der Waals surface area contributed by atoms with Crippen molar-refractivity contribution in [2.45, 2.75) is 19.9 Å². The minimum Gasteiger partial charge on any atom is -0.354 e. The number of hydrogen-bond donors (Lipinski definition) is 0. The second-order valence-corrected chi connectivity index (χ2v) is 2.51. The molecule has 9 heavy (non-hydrogen) atoms. The molecule has 0 unspecified atom stereocenters. The normalized spacial score (nSPS) is 10.7. The Morgan fingerprint density at radius 1 is 1.56 bits per heavy atom. The lowest BCUT2D eigenvalue weighted by molar-refractivity contribution is -0.675. The second-order valence-electron chi connectivity index (χ2n) is 2.51. The van der Waals surface area contributed by atoms with Crippen LogP contribution in [0.3, 0.4) is 0 Å². The number of rotatable bonds is 1. The summed E-state index contributed by atoms with van der Waals surface area (Å²) in [6, 6.07) is 0.520. The highest BCUT2D eigenvalue weighted by molar-refractivity contribution is 4.67. The number of hydrogen-bond acceptors (Lipinski definition) is 0. The molecular weight excluding hydrogens is 112 g/mol. The van der Waals surface area contributed by atoms with E-state index in [0.717, 1.165) is 0 Å². The number of aryl methyl sites for hydroxylation is 1. The van der Waals surface area contributed by atoms with E-state index in [9.17, 15) is 0 Å². The van der Waals surface area contributed by atoms with Crippen LogP contribution in [0.1, 0.15) is 19.9 Å². The molecule has 0 spiro atoms. The summed E-state index contributed by atoms with van der Waals surface area (Å²) in [4.78, 5) is 0. The van der Waals surface area contributed by atoms with Crippen molar-refractivity contribution in [3.63, 3.8) is 0 Å². The molecule has 0 N–H and O–H groups in total. The summed E-state index contributed by atoms with van der Waals surface area (Å²) in [6.45, 7) is 4.27. The Hall–Kier alpha value is -0.790. The average Bonchev–Trinajstić information content (AvgIpc) is 2.14. The Kier molecular flexibility index (Phi) is 1.56. The Morgan fingerprint density at radius 2 is 2.22 bits per heavy atom. The van der Waals surface area contributed by atoms with Crippen LogP contribution in [0.15, 0.2) is 12.4 Å². The minimum atomic E-state index is 0.520. The fourth-order valence-electron chi connectivity index (χ4n) is 0.708. The maximum Gasteiger partial charge on any atom is 0.203 e. The van der Waals surface area contributed by atoms with Crippen molar-refractivity contribution in [2.24, 2.45) is 7.05 Å². The lowest BCUT2D eigenvalue weighted by Gasteiger charge is -2.01. The molecule has 1 aromatic heterocycles. The number of nitrogens with zero attached hydrogens (tertiary/aromatic N) is 2. The van der Waals surface area contributed by atoms with Gasteiger partial charge >= 0.3 is 0 Å². The first-order valence-electron chi connectivity index (χ1n) is 3.16. The molecule has 0 bridgehead atoms. The van der Waals surface area contributed by atoms with Crippen LogP contribution in [0.5, 0.6) is 0 Å². The number of aromatic nitrogens is 2. The van der Waals surface area contributed by atoms with Crippen LogP contribution in [0, 0.1) is 6.33 Å². The molecule has 50 valence electrons. The van der Waals surface area contributed by atoms with E-state index >= 15 is 0 Å². The third-order valence-electron chi connectivity index (χ3n) is 1.28. The van der Waals surface area contributed by atoms with E-state index in [0.29, 0.717) is 6.04 Å². The lowest BCUT2D eigenvalue weighted by Crippen LogP contribution is -2.24. The van der Waals surface area contributed by atoms with Crippen molar-refractivity contribution < 1.29 is 4.57 Å². The van der Waals surface area contributed by atoms with Gasteiger partial charge < -0.3 is 9.13 Å². The molecule has 0 amide bonds. The fourth-order valence-corrected chi connectivity index (χ4v) is 0.708. The molecule has 0 aliphatic heterocycles. The van der Waals surface area contributed by atoms with E-state index in [4.69, 9.17) is 0 Å². The van der Waals surface area contributed by atoms with Gasteiger partial charge in [-0.1, -0.05) is 0 Å². The average molecular weight is 124 g/mol. The van der Waals surface area contributed by atoms with Gasteiger partial charge in [0.1, 0.15) is 0 Å². The molecular formula is C7H12N2. The summed E-state index contributed by atoms with van der Waals surface area (Å²) in [5.41, 5.74) is 0. The molecule has 0 radical (unpaired) electrons. The SMILES string of the molecule is CC(C)n1[c-][n+](C)cc1. The van der Waals surface area contributed by atoms with Crippen molar-refractivity contribution >= 4 is 0 Å².